The SMILES string of the molecule is CC(Sc1nncs1)C(=O)N1CCN(S(=O)(=O)c2cccc(Br)c2)CC1. The van der Waals surface area contributed by atoms with Gasteiger partial charge in [0.1, 0.15) is 5.51 Å². The molecule has 1 aromatic heterocycles. The monoisotopic (exact) mass is 476 g/mol. The van der Waals surface area contributed by atoms with E-state index in [4.69, 9.17) is 0 Å². The number of hydrogen-bond acceptors (Lipinski definition) is 7. The summed E-state index contributed by atoms with van der Waals surface area (Å²) >= 11 is 6.07. The second-order valence-electron chi connectivity index (χ2n) is 5.65. The summed E-state index contributed by atoms with van der Waals surface area (Å²) in [6.45, 7) is 3.17. The molecule has 0 aliphatic carbocycles. The third-order valence-electron chi connectivity index (χ3n) is 3.95. The van der Waals surface area contributed by atoms with Crippen LogP contribution in [0.5, 0.6) is 0 Å². The smallest absolute Gasteiger partial charge is 0.243 e. The van der Waals surface area contributed by atoms with Crippen LogP contribution < -0.4 is 0 Å². The second-order valence-corrected chi connectivity index (χ2v) is 10.9. The molecule has 0 spiro atoms. The molecule has 11 heteroatoms. The minimum Gasteiger partial charge on any atom is -0.339 e. The molecule has 2 aromatic rings. The molecule has 0 N–H and O–H groups in total. The average molecular weight is 477 g/mol. The van der Waals surface area contributed by atoms with Gasteiger partial charge in [-0.05, 0) is 25.1 Å². The Morgan fingerprint density at radius 3 is 2.65 bits per heavy atom. The predicted octanol–water partition coefficient (Wildman–Crippen LogP) is 2.31. The number of rotatable bonds is 5. The van der Waals surface area contributed by atoms with Crippen molar-refractivity contribution in [3.8, 4) is 0 Å². The van der Waals surface area contributed by atoms with Crippen LogP contribution in [0.2, 0.25) is 0 Å². The molecule has 1 atom stereocenters. The number of sulfonamides is 1. The van der Waals surface area contributed by atoms with Gasteiger partial charge >= 0.3 is 0 Å². The summed E-state index contributed by atoms with van der Waals surface area (Å²) < 4.78 is 28.4. The molecule has 0 saturated carbocycles. The summed E-state index contributed by atoms with van der Waals surface area (Å²) in [5, 5.41) is 7.42. The number of piperazine rings is 1. The summed E-state index contributed by atoms with van der Waals surface area (Å²) in [5.41, 5.74) is 1.63. The predicted molar refractivity (Wildman–Crippen MR) is 105 cm³/mol. The fraction of sp³-hybridized carbons (Fsp3) is 0.400. The van der Waals surface area contributed by atoms with Crippen LogP contribution in [0.4, 0.5) is 0 Å². The van der Waals surface area contributed by atoms with Crippen LogP contribution in [0.3, 0.4) is 0 Å². The van der Waals surface area contributed by atoms with Gasteiger partial charge in [0.2, 0.25) is 15.9 Å². The lowest BCUT2D eigenvalue weighted by Gasteiger charge is -2.35. The van der Waals surface area contributed by atoms with Gasteiger partial charge in [0, 0.05) is 30.7 Å². The third-order valence-corrected chi connectivity index (χ3v) is 8.24. The molecule has 3 rings (SSSR count). The number of aromatic nitrogens is 2. The molecule has 1 unspecified atom stereocenters. The maximum Gasteiger partial charge on any atom is 0.243 e. The quantitative estimate of drug-likeness (QED) is 0.615. The van der Waals surface area contributed by atoms with Crippen LogP contribution >= 0.6 is 39.0 Å². The van der Waals surface area contributed by atoms with Gasteiger partial charge in [-0.25, -0.2) is 8.42 Å². The van der Waals surface area contributed by atoms with E-state index in [1.54, 1.807) is 34.7 Å². The molecule has 7 nitrogen and oxygen atoms in total. The van der Waals surface area contributed by atoms with E-state index in [2.05, 4.69) is 26.1 Å². The van der Waals surface area contributed by atoms with Crippen LogP contribution in [-0.2, 0) is 14.8 Å². The van der Waals surface area contributed by atoms with E-state index in [0.717, 1.165) is 8.81 Å². The van der Waals surface area contributed by atoms with Crippen LogP contribution in [0, 0.1) is 0 Å². The van der Waals surface area contributed by atoms with Crippen LogP contribution in [0.15, 0.2) is 43.5 Å². The molecule has 1 fully saturated rings. The van der Waals surface area contributed by atoms with Gasteiger partial charge < -0.3 is 4.90 Å². The van der Waals surface area contributed by atoms with Crippen molar-refractivity contribution in [1.29, 1.82) is 0 Å². The first kappa shape index (κ1) is 19.7. The summed E-state index contributed by atoms with van der Waals surface area (Å²) in [6, 6.07) is 6.65. The zero-order chi connectivity index (χ0) is 18.7. The minimum atomic E-state index is -3.55. The zero-order valence-electron chi connectivity index (χ0n) is 13.9. The molecular formula is C15H17BrN4O3S3. The Morgan fingerprint density at radius 1 is 1.31 bits per heavy atom. The Kier molecular flexibility index (Phi) is 6.33. The van der Waals surface area contributed by atoms with Gasteiger partial charge in [-0.2, -0.15) is 4.31 Å². The van der Waals surface area contributed by atoms with Crippen molar-refractivity contribution in [3.63, 3.8) is 0 Å². The maximum absolute atomic E-state index is 12.7. The van der Waals surface area contributed by atoms with Gasteiger partial charge in [-0.15, -0.1) is 10.2 Å². The van der Waals surface area contributed by atoms with Crippen molar-refractivity contribution in [3.05, 3.63) is 34.2 Å². The van der Waals surface area contributed by atoms with Gasteiger partial charge in [0.25, 0.3) is 0 Å². The second kappa shape index (κ2) is 8.34. The Labute approximate surface area is 169 Å². The summed E-state index contributed by atoms with van der Waals surface area (Å²) in [5.74, 6) is -0.00953. The maximum atomic E-state index is 12.7. The highest BCUT2D eigenvalue weighted by Crippen LogP contribution is 2.26. The number of carbonyl (C=O) groups excluding carboxylic acids is 1. The topological polar surface area (TPSA) is 83.5 Å². The average Bonchev–Trinajstić information content (AvgIpc) is 3.14. The lowest BCUT2D eigenvalue weighted by Crippen LogP contribution is -2.52. The number of benzene rings is 1. The van der Waals surface area contributed by atoms with E-state index in [1.807, 2.05) is 6.92 Å². The molecule has 1 aromatic carbocycles. The molecular weight excluding hydrogens is 460 g/mol. The molecule has 0 radical (unpaired) electrons. The van der Waals surface area contributed by atoms with Gasteiger partial charge in [-0.3, -0.25) is 4.79 Å². The van der Waals surface area contributed by atoms with Gasteiger partial charge in [0.15, 0.2) is 4.34 Å². The largest absolute Gasteiger partial charge is 0.339 e. The Morgan fingerprint density at radius 2 is 2.04 bits per heavy atom. The first-order valence-corrected chi connectivity index (χ1v) is 11.8. The Bertz CT molecular complexity index is 868. The lowest BCUT2D eigenvalue weighted by molar-refractivity contribution is -0.131. The van der Waals surface area contributed by atoms with E-state index in [-0.39, 0.29) is 29.1 Å². The standard InChI is InChI=1S/C15H17BrN4O3S3/c1-11(25-15-18-17-10-24-15)14(21)19-5-7-20(8-6-19)26(22,23)13-4-2-3-12(16)9-13/h2-4,9-11H,5-8H2,1H3. The zero-order valence-corrected chi connectivity index (χ0v) is 17.9. The highest BCUT2D eigenvalue weighted by atomic mass is 79.9. The summed E-state index contributed by atoms with van der Waals surface area (Å²) in [6.07, 6.45) is 0. The van der Waals surface area contributed by atoms with Crippen molar-refractivity contribution in [2.24, 2.45) is 0 Å². The van der Waals surface area contributed by atoms with E-state index in [1.165, 1.54) is 27.4 Å². The Balaban J connectivity index is 1.61. The number of nitrogens with zero attached hydrogens (tertiary/aromatic N) is 4. The van der Waals surface area contributed by atoms with Crippen molar-refractivity contribution in [1.82, 2.24) is 19.4 Å². The number of hydrogen-bond donors (Lipinski definition) is 0. The molecule has 1 aliphatic rings. The molecule has 140 valence electrons. The van der Waals surface area contributed by atoms with Crippen molar-refractivity contribution in [2.75, 3.05) is 26.2 Å². The highest BCUT2D eigenvalue weighted by molar-refractivity contribution is 9.10. The first-order chi connectivity index (χ1) is 12.4. The van der Waals surface area contributed by atoms with E-state index >= 15 is 0 Å². The van der Waals surface area contributed by atoms with E-state index in [0.29, 0.717) is 13.1 Å². The van der Waals surface area contributed by atoms with Crippen LogP contribution in [0.1, 0.15) is 6.92 Å². The molecule has 26 heavy (non-hydrogen) atoms. The van der Waals surface area contributed by atoms with E-state index < -0.39 is 10.0 Å². The van der Waals surface area contributed by atoms with Gasteiger partial charge in [-0.1, -0.05) is 45.1 Å². The number of thioether (sulfide) groups is 1. The molecule has 2 heterocycles. The fourth-order valence-electron chi connectivity index (χ4n) is 2.60. The molecule has 1 saturated heterocycles. The molecule has 0 bridgehead atoms. The highest BCUT2D eigenvalue weighted by Gasteiger charge is 2.32. The van der Waals surface area contributed by atoms with Gasteiger partial charge in [0.05, 0.1) is 10.1 Å². The lowest BCUT2D eigenvalue weighted by atomic mass is 10.3. The first-order valence-electron chi connectivity index (χ1n) is 7.85. The molecule has 1 aliphatic heterocycles. The normalized spacial score (nSPS) is 17.2. The minimum absolute atomic E-state index is 0.00953. The third kappa shape index (κ3) is 4.45. The Hall–Kier alpha value is -1.01. The number of carbonyl (C=O) groups is 1. The summed E-state index contributed by atoms with van der Waals surface area (Å²) in [4.78, 5) is 14.6. The van der Waals surface area contributed by atoms with Crippen LogP contribution in [0.25, 0.3) is 0 Å². The fourth-order valence-corrected chi connectivity index (χ4v) is 6.33. The number of amides is 1. The van der Waals surface area contributed by atoms with Crippen LogP contribution in [-0.4, -0.2) is 65.2 Å². The van der Waals surface area contributed by atoms with Crippen molar-refractivity contribution >= 4 is 55.0 Å². The number of halogens is 1. The summed E-state index contributed by atoms with van der Waals surface area (Å²) in [7, 11) is -3.55. The van der Waals surface area contributed by atoms with Crippen molar-refractivity contribution < 1.29 is 13.2 Å². The van der Waals surface area contributed by atoms with E-state index in [9.17, 15) is 13.2 Å². The van der Waals surface area contributed by atoms with Crippen molar-refractivity contribution in [2.45, 2.75) is 21.4 Å². The molecule has 1 amide bonds.